The molecule has 0 bridgehead atoms. The van der Waals surface area contributed by atoms with Gasteiger partial charge in [0.15, 0.2) is 10.9 Å². The Morgan fingerprint density at radius 1 is 1.09 bits per heavy atom. The van der Waals surface area contributed by atoms with Crippen LogP contribution in [0.4, 0.5) is 13.2 Å². The fraction of sp³-hybridized carbons (Fsp3) is 0.304. The monoisotopic (exact) mass is 476 g/mol. The Balaban J connectivity index is 1.87. The summed E-state index contributed by atoms with van der Waals surface area (Å²) in [6.07, 6.45) is -3.38. The number of rotatable bonds is 9. The predicted octanol–water partition coefficient (Wildman–Crippen LogP) is 4.50. The molecular weight excluding hydrogens is 453 g/mol. The van der Waals surface area contributed by atoms with E-state index in [2.05, 4.69) is 15.5 Å². The van der Waals surface area contributed by atoms with E-state index in [0.29, 0.717) is 16.5 Å². The van der Waals surface area contributed by atoms with Crippen molar-refractivity contribution in [3.63, 3.8) is 0 Å². The largest absolute Gasteiger partial charge is 0.416 e. The van der Waals surface area contributed by atoms with E-state index in [4.69, 9.17) is 0 Å². The van der Waals surface area contributed by atoms with Gasteiger partial charge >= 0.3 is 6.18 Å². The molecule has 3 rings (SSSR count). The second kappa shape index (κ2) is 10.7. The third kappa shape index (κ3) is 6.44. The standard InChI is InChI=1S/C23H23F3N4O2S/c1-3-16-7-9-17(10-8-16)20(32)14-33-22-29-28-21(11-12-27-15(2)31)30(22)19-6-4-5-18(13-19)23(24,25)26/h4-10,13H,3,11-12,14H2,1-2H3,(H,27,31). The van der Waals surface area contributed by atoms with Crippen molar-refractivity contribution < 1.29 is 22.8 Å². The Kier molecular flexibility index (Phi) is 7.91. The zero-order chi connectivity index (χ0) is 24.0. The average Bonchev–Trinajstić information content (AvgIpc) is 3.19. The highest BCUT2D eigenvalue weighted by Gasteiger charge is 2.31. The number of nitrogens with one attached hydrogen (secondary N) is 1. The summed E-state index contributed by atoms with van der Waals surface area (Å²) in [4.78, 5) is 23.8. The molecule has 0 radical (unpaired) electrons. The number of carbonyl (C=O) groups excluding carboxylic acids is 2. The molecule has 1 heterocycles. The molecule has 0 aliphatic heterocycles. The van der Waals surface area contributed by atoms with Crippen LogP contribution in [-0.4, -0.2) is 38.8 Å². The lowest BCUT2D eigenvalue weighted by molar-refractivity contribution is -0.137. The molecule has 33 heavy (non-hydrogen) atoms. The third-order valence-corrected chi connectivity index (χ3v) is 5.80. The number of aryl methyl sites for hydroxylation is 1. The van der Waals surface area contributed by atoms with Gasteiger partial charge in [-0.3, -0.25) is 14.2 Å². The van der Waals surface area contributed by atoms with Gasteiger partial charge in [0.2, 0.25) is 5.91 Å². The molecule has 0 aliphatic rings. The van der Waals surface area contributed by atoms with E-state index in [-0.39, 0.29) is 36.1 Å². The van der Waals surface area contributed by atoms with Crippen molar-refractivity contribution in [1.82, 2.24) is 20.1 Å². The highest BCUT2D eigenvalue weighted by Crippen LogP contribution is 2.32. The normalized spacial score (nSPS) is 11.4. The van der Waals surface area contributed by atoms with Gasteiger partial charge in [0, 0.05) is 31.1 Å². The van der Waals surface area contributed by atoms with E-state index in [0.717, 1.165) is 35.9 Å². The van der Waals surface area contributed by atoms with E-state index in [1.807, 2.05) is 19.1 Å². The van der Waals surface area contributed by atoms with Gasteiger partial charge in [0.1, 0.15) is 5.82 Å². The average molecular weight is 477 g/mol. The van der Waals surface area contributed by atoms with Crippen molar-refractivity contribution in [2.75, 3.05) is 12.3 Å². The van der Waals surface area contributed by atoms with E-state index in [1.54, 1.807) is 12.1 Å². The molecule has 1 amide bonds. The second-order valence-electron chi connectivity index (χ2n) is 7.28. The quantitative estimate of drug-likeness (QED) is 0.364. The van der Waals surface area contributed by atoms with Gasteiger partial charge in [-0.15, -0.1) is 10.2 Å². The smallest absolute Gasteiger partial charge is 0.356 e. The van der Waals surface area contributed by atoms with Crippen molar-refractivity contribution in [3.8, 4) is 5.69 Å². The van der Waals surface area contributed by atoms with Gasteiger partial charge in [-0.05, 0) is 30.2 Å². The first kappa shape index (κ1) is 24.5. The van der Waals surface area contributed by atoms with Crippen LogP contribution in [0.15, 0.2) is 53.7 Å². The number of benzene rings is 2. The first-order valence-electron chi connectivity index (χ1n) is 10.3. The van der Waals surface area contributed by atoms with Crippen LogP contribution in [0.1, 0.15) is 41.2 Å². The number of halogens is 3. The summed E-state index contributed by atoms with van der Waals surface area (Å²) in [6, 6.07) is 12.1. The minimum Gasteiger partial charge on any atom is -0.356 e. The summed E-state index contributed by atoms with van der Waals surface area (Å²) in [5.41, 5.74) is 1.10. The molecule has 0 atom stereocenters. The van der Waals surface area contributed by atoms with Crippen LogP contribution in [0.25, 0.3) is 5.69 Å². The van der Waals surface area contributed by atoms with Crippen LogP contribution >= 0.6 is 11.8 Å². The first-order valence-corrected chi connectivity index (χ1v) is 11.3. The fourth-order valence-electron chi connectivity index (χ4n) is 3.13. The second-order valence-corrected chi connectivity index (χ2v) is 8.22. The number of hydrogen-bond acceptors (Lipinski definition) is 5. The molecule has 2 aromatic carbocycles. The maximum atomic E-state index is 13.3. The zero-order valence-corrected chi connectivity index (χ0v) is 19.0. The number of Topliss-reactive ketones (excluding diaryl/α,β-unsaturated/α-hetero) is 1. The topological polar surface area (TPSA) is 76.9 Å². The Labute approximate surface area is 193 Å². The summed E-state index contributed by atoms with van der Waals surface area (Å²) in [7, 11) is 0. The van der Waals surface area contributed by atoms with Crippen molar-refractivity contribution >= 4 is 23.5 Å². The van der Waals surface area contributed by atoms with Gasteiger partial charge in [-0.2, -0.15) is 13.2 Å². The number of nitrogens with zero attached hydrogens (tertiary/aromatic N) is 3. The number of aromatic nitrogens is 3. The highest BCUT2D eigenvalue weighted by molar-refractivity contribution is 7.99. The predicted molar refractivity (Wildman–Crippen MR) is 120 cm³/mol. The van der Waals surface area contributed by atoms with Crippen LogP contribution in [0, 0.1) is 0 Å². The lowest BCUT2D eigenvalue weighted by Gasteiger charge is -2.13. The maximum Gasteiger partial charge on any atom is 0.416 e. The third-order valence-electron chi connectivity index (χ3n) is 4.87. The Morgan fingerprint density at radius 2 is 1.82 bits per heavy atom. The van der Waals surface area contributed by atoms with Gasteiger partial charge in [0.25, 0.3) is 0 Å². The maximum absolute atomic E-state index is 13.3. The number of carbonyl (C=O) groups is 2. The Hall–Kier alpha value is -3.14. The molecular formula is C23H23F3N4O2S. The molecule has 0 saturated heterocycles. The molecule has 3 aromatic rings. The lowest BCUT2D eigenvalue weighted by atomic mass is 10.1. The van der Waals surface area contributed by atoms with Gasteiger partial charge < -0.3 is 5.32 Å². The summed E-state index contributed by atoms with van der Waals surface area (Å²) in [5, 5.41) is 11.1. The molecule has 0 saturated carbocycles. The number of thioether (sulfide) groups is 1. The van der Waals surface area contributed by atoms with Crippen LogP contribution < -0.4 is 5.32 Å². The van der Waals surface area contributed by atoms with Crippen molar-refractivity contribution in [3.05, 3.63) is 71.0 Å². The van der Waals surface area contributed by atoms with Gasteiger partial charge in [-0.1, -0.05) is 49.0 Å². The van der Waals surface area contributed by atoms with Crippen molar-refractivity contribution in [1.29, 1.82) is 0 Å². The van der Waals surface area contributed by atoms with E-state index >= 15 is 0 Å². The molecule has 10 heteroatoms. The van der Waals surface area contributed by atoms with E-state index in [9.17, 15) is 22.8 Å². The summed E-state index contributed by atoms with van der Waals surface area (Å²) >= 11 is 1.10. The first-order chi connectivity index (χ1) is 15.7. The Bertz CT molecular complexity index is 1130. The number of ketones is 1. The number of amides is 1. The van der Waals surface area contributed by atoms with Crippen LogP contribution in [-0.2, 0) is 23.8 Å². The molecule has 0 spiro atoms. The van der Waals surface area contributed by atoms with Crippen LogP contribution in [0.5, 0.6) is 0 Å². The number of hydrogen-bond donors (Lipinski definition) is 1. The molecule has 1 N–H and O–H groups in total. The number of alkyl halides is 3. The van der Waals surface area contributed by atoms with Crippen LogP contribution in [0.3, 0.4) is 0 Å². The lowest BCUT2D eigenvalue weighted by Crippen LogP contribution is -2.23. The highest BCUT2D eigenvalue weighted by atomic mass is 32.2. The summed E-state index contributed by atoms with van der Waals surface area (Å²) in [5.74, 6) is 0.0784. The molecule has 174 valence electrons. The van der Waals surface area contributed by atoms with Gasteiger partial charge in [0.05, 0.1) is 11.3 Å². The van der Waals surface area contributed by atoms with Crippen molar-refractivity contribution in [2.24, 2.45) is 0 Å². The zero-order valence-electron chi connectivity index (χ0n) is 18.1. The van der Waals surface area contributed by atoms with E-state index in [1.165, 1.54) is 23.6 Å². The minimum atomic E-state index is -4.51. The van der Waals surface area contributed by atoms with Crippen LogP contribution in [0.2, 0.25) is 0 Å². The SMILES string of the molecule is CCc1ccc(C(=O)CSc2nnc(CCNC(C)=O)n2-c2cccc(C(F)(F)F)c2)cc1. The van der Waals surface area contributed by atoms with Gasteiger partial charge in [-0.25, -0.2) is 0 Å². The summed E-state index contributed by atoms with van der Waals surface area (Å²) in [6.45, 7) is 3.65. The molecule has 0 fully saturated rings. The Morgan fingerprint density at radius 3 is 2.45 bits per heavy atom. The fourth-order valence-corrected chi connectivity index (χ4v) is 3.99. The van der Waals surface area contributed by atoms with Crippen molar-refractivity contribution in [2.45, 2.75) is 38.0 Å². The molecule has 0 aliphatic carbocycles. The van der Waals surface area contributed by atoms with E-state index < -0.39 is 11.7 Å². The molecule has 0 unspecified atom stereocenters. The molecule has 6 nitrogen and oxygen atoms in total. The molecule has 1 aromatic heterocycles. The summed E-state index contributed by atoms with van der Waals surface area (Å²) < 4.78 is 41.3. The minimum absolute atomic E-state index is 0.0499.